The van der Waals surface area contributed by atoms with Gasteiger partial charge >= 0.3 is 0 Å². The average molecular weight is 297 g/mol. The number of rotatable bonds is 2. The van der Waals surface area contributed by atoms with Crippen LogP contribution in [0.1, 0.15) is 24.6 Å². The molecule has 4 rings (SSSR count). The van der Waals surface area contributed by atoms with Crippen LogP contribution in [0.15, 0.2) is 29.1 Å². The molecular weight excluding hydrogens is 282 g/mol. The van der Waals surface area contributed by atoms with E-state index in [1.807, 2.05) is 12.1 Å². The predicted octanol–water partition coefficient (Wildman–Crippen LogP) is 1.75. The van der Waals surface area contributed by atoms with E-state index in [0.717, 1.165) is 18.5 Å². The Bertz CT molecular complexity index is 892. The Morgan fingerprint density at radius 3 is 3.00 bits per heavy atom. The van der Waals surface area contributed by atoms with Crippen LogP contribution in [0.2, 0.25) is 0 Å². The number of aromatic nitrogens is 4. The molecule has 7 heteroatoms. The first-order chi connectivity index (χ1) is 10.7. The average Bonchev–Trinajstić information content (AvgIpc) is 3.16. The molecule has 2 aromatic heterocycles. The summed E-state index contributed by atoms with van der Waals surface area (Å²) in [5, 5.41) is 7.53. The summed E-state index contributed by atoms with van der Waals surface area (Å²) in [7, 11) is 0. The normalized spacial score (nSPS) is 18.1. The Morgan fingerprint density at radius 1 is 1.32 bits per heavy atom. The number of benzene rings is 1. The number of H-pyrrole nitrogens is 2. The minimum absolute atomic E-state index is 0.0865. The number of hydrogen-bond acceptors (Lipinski definition) is 5. The number of nitrogens with zero attached hydrogens (tertiary/aromatic N) is 2. The van der Waals surface area contributed by atoms with Crippen molar-refractivity contribution in [3.8, 4) is 11.4 Å². The highest BCUT2D eigenvalue weighted by molar-refractivity contribution is 5.81. The molecule has 0 spiro atoms. The van der Waals surface area contributed by atoms with Crippen LogP contribution >= 0.6 is 0 Å². The van der Waals surface area contributed by atoms with Crippen molar-refractivity contribution in [3.05, 3.63) is 40.3 Å². The molecule has 1 atom stereocenters. The molecule has 22 heavy (non-hydrogen) atoms. The zero-order valence-electron chi connectivity index (χ0n) is 11.8. The number of ether oxygens (including phenoxy) is 1. The zero-order valence-corrected chi connectivity index (χ0v) is 11.8. The van der Waals surface area contributed by atoms with Crippen LogP contribution in [0, 0.1) is 0 Å². The van der Waals surface area contributed by atoms with E-state index >= 15 is 0 Å². The summed E-state index contributed by atoms with van der Waals surface area (Å²) in [6, 6.07) is 7.20. The van der Waals surface area contributed by atoms with Crippen molar-refractivity contribution in [2.24, 2.45) is 0 Å². The highest BCUT2D eigenvalue weighted by Crippen LogP contribution is 2.35. The second-order valence-corrected chi connectivity index (χ2v) is 5.33. The van der Waals surface area contributed by atoms with Gasteiger partial charge < -0.3 is 15.5 Å². The fourth-order valence-corrected chi connectivity index (χ4v) is 2.86. The third kappa shape index (κ3) is 1.98. The van der Waals surface area contributed by atoms with Crippen molar-refractivity contribution in [2.45, 2.75) is 18.9 Å². The molecule has 0 saturated carbocycles. The number of hydrogen-bond donors (Lipinski definition) is 3. The largest absolute Gasteiger partial charge is 0.382 e. The van der Waals surface area contributed by atoms with Crippen molar-refractivity contribution in [3.63, 3.8) is 0 Å². The lowest BCUT2D eigenvalue weighted by Crippen LogP contribution is -2.11. The van der Waals surface area contributed by atoms with Gasteiger partial charge in [0.15, 0.2) is 5.82 Å². The van der Waals surface area contributed by atoms with E-state index in [0.29, 0.717) is 34.7 Å². The van der Waals surface area contributed by atoms with Crippen LogP contribution in [0.5, 0.6) is 0 Å². The van der Waals surface area contributed by atoms with Gasteiger partial charge in [-0.05, 0) is 25.0 Å². The van der Waals surface area contributed by atoms with Gasteiger partial charge in [0.25, 0.3) is 5.56 Å². The molecule has 4 N–H and O–H groups in total. The van der Waals surface area contributed by atoms with E-state index in [9.17, 15) is 4.79 Å². The maximum atomic E-state index is 12.2. The Kier molecular flexibility index (Phi) is 2.93. The molecule has 1 saturated heterocycles. The summed E-state index contributed by atoms with van der Waals surface area (Å²) in [6.45, 7) is 0.713. The summed E-state index contributed by atoms with van der Waals surface area (Å²) in [6.07, 6.45) is 1.80. The number of nitrogen functional groups attached to an aromatic ring is 1. The van der Waals surface area contributed by atoms with Crippen LogP contribution in [0.4, 0.5) is 5.82 Å². The molecule has 1 aliphatic heterocycles. The lowest BCUT2D eigenvalue weighted by molar-refractivity contribution is 0.109. The summed E-state index contributed by atoms with van der Waals surface area (Å²) in [4.78, 5) is 19.6. The minimum atomic E-state index is -0.195. The quantitative estimate of drug-likeness (QED) is 0.667. The van der Waals surface area contributed by atoms with E-state index < -0.39 is 0 Å². The summed E-state index contributed by atoms with van der Waals surface area (Å²) in [5.74, 6) is 0.726. The van der Waals surface area contributed by atoms with Crippen molar-refractivity contribution in [1.29, 1.82) is 0 Å². The first-order valence-electron chi connectivity index (χ1n) is 7.19. The summed E-state index contributed by atoms with van der Waals surface area (Å²) < 4.78 is 5.69. The molecule has 0 radical (unpaired) electrons. The van der Waals surface area contributed by atoms with Gasteiger partial charge in [0.2, 0.25) is 0 Å². The maximum absolute atomic E-state index is 12.2. The van der Waals surface area contributed by atoms with E-state index in [1.165, 1.54) is 0 Å². The van der Waals surface area contributed by atoms with Crippen LogP contribution < -0.4 is 11.3 Å². The summed E-state index contributed by atoms with van der Waals surface area (Å²) in [5.41, 5.74) is 7.80. The van der Waals surface area contributed by atoms with Gasteiger partial charge in [-0.25, -0.2) is 4.98 Å². The summed E-state index contributed by atoms with van der Waals surface area (Å²) >= 11 is 0. The van der Waals surface area contributed by atoms with Crippen molar-refractivity contribution < 1.29 is 4.74 Å². The molecule has 0 amide bonds. The van der Waals surface area contributed by atoms with Gasteiger partial charge in [0, 0.05) is 6.61 Å². The zero-order chi connectivity index (χ0) is 15.1. The molecule has 3 heterocycles. The first-order valence-corrected chi connectivity index (χ1v) is 7.19. The van der Waals surface area contributed by atoms with Gasteiger partial charge in [0.1, 0.15) is 5.82 Å². The SMILES string of the molecule is Nc1n[nH]c(C2CCCO2)c1-c1nc2ccccc2c(=O)[nH]1. The second-order valence-electron chi connectivity index (χ2n) is 5.33. The number of nitrogens with one attached hydrogen (secondary N) is 2. The number of fused-ring (bicyclic) bond motifs is 1. The van der Waals surface area contributed by atoms with Crippen LogP contribution in [-0.2, 0) is 4.74 Å². The van der Waals surface area contributed by atoms with E-state index in [-0.39, 0.29) is 11.7 Å². The Morgan fingerprint density at radius 2 is 2.18 bits per heavy atom. The minimum Gasteiger partial charge on any atom is -0.382 e. The van der Waals surface area contributed by atoms with Crippen molar-refractivity contribution in [2.75, 3.05) is 12.3 Å². The predicted molar refractivity (Wildman–Crippen MR) is 82.3 cm³/mol. The van der Waals surface area contributed by atoms with Gasteiger partial charge in [-0.2, -0.15) is 5.10 Å². The van der Waals surface area contributed by atoms with Gasteiger partial charge in [0.05, 0.1) is 28.3 Å². The molecule has 1 aliphatic rings. The van der Waals surface area contributed by atoms with Crippen molar-refractivity contribution >= 4 is 16.7 Å². The first kappa shape index (κ1) is 13.0. The van der Waals surface area contributed by atoms with E-state index in [1.54, 1.807) is 12.1 Å². The molecule has 7 nitrogen and oxygen atoms in total. The highest BCUT2D eigenvalue weighted by atomic mass is 16.5. The van der Waals surface area contributed by atoms with Gasteiger partial charge in [-0.1, -0.05) is 12.1 Å². The Labute approximate surface area is 125 Å². The number of nitrogens with two attached hydrogens (primary N) is 1. The number of anilines is 1. The fourth-order valence-electron chi connectivity index (χ4n) is 2.86. The lowest BCUT2D eigenvalue weighted by Gasteiger charge is -2.10. The van der Waals surface area contributed by atoms with E-state index in [2.05, 4.69) is 20.2 Å². The molecule has 1 unspecified atom stereocenters. The molecule has 112 valence electrons. The molecular formula is C15H15N5O2. The smallest absolute Gasteiger partial charge is 0.259 e. The molecule has 0 bridgehead atoms. The third-order valence-electron chi connectivity index (χ3n) is 3.92. The van der Waals surface area contributed by atoms with Crippen LogP contribution in [-0.4, -0.2) is 26.8 Å². The van der Waals surface area contributed by atoms with Crippen molar-refractivity contribution in [1.82, 2.24) is 20.2 Å². The Hall–Kier alpha value is -2.67. The molecule has 0 aliphatic carbocycles. The van der Waals surface area contributed by atoms with E-state index in [4.69, 9.17) is 10.5 Å². The second kappa shape index (κ2) is 4.96. The van der Waals surface area contributed by atoms with Crippen LogP contribution in [0.3, 0.4) is 0 Å². The standard InChI is InChI=1S/C15H15N5O2/c16-13-11(12(19-20-13)10-6-3-7-22-10)14-17-9-5-2-1-4-8(9)15(21)18-14/h1-2,4-5,10H,3,6-7H2,(H3,16,19,20)(H,17,18,21). The highest BCUT2D eigenvalue weighted by Gasteiger charge is 2.26. The maximum Gasteiger partial charge on any atom is 0.259 e. The van der Waals surface area contributed by atoms with Gasteiger partial charge in [-0.15, -0.1) is 0 Å². The fraction of sp³-hybridized carbons (Fsp3) is 0.267. The number of para-hydroxylation sites is 1. The molecule has 1 fully saturated rings. The van der Waals surface area contributed by atoms with Crippen LogP contribution in [0.25, 0.3) is 22.3 Å². The molecule has 1 aromatic carbocycles. The van der Waals surface area contributed by atoms with Gasteiger partial charge in [-0.3, -0.25) is 9.89 Å². The topological polar surface area (TPSA) is 110 Å². The number of aromatic amines is 2. The Balaban J connectivity index is 1.92. The monoisotopic (exact) mass is 297 g/mol. The lowest BCUT2D eigenvalue weighted by atomic mass is 10.1. The third-order valence-corrected chi connectivity index (χ3v) is 3.92. The molecule has 3 aromatic rings.